The lowest BCUT2D eigenvalue weighted by Crippen LogP contribution is -2.20. The van der Waals surface area contributed by atoms with Crippen LogP contribution in [0.2, 0.25) is 0 Å². The van der Waals surface area contributed by atoms with Crippen LogP contribution in [0.25, 0.3) is 0 Å². The van der Waals surface area contributed by atoms with Gasteiger partial charge in [0.15, 0.2) is 0 Å². The Labute approximate surface area is 125 Å². The van der Waals surface area contributed by atoms with E-state index in [0.717, 1.165) is 22.6 Å². The predicted molar refractivity (Wildman–Crippen MR) is 82.7 cm³/mol. The molecular weight excluding hydrogens is 266 g/mol. The van der Waals surface area contributed by atoms with Crippen LogP contribution in [-0.2, 0) is 0 Å². The summed E-state index contributed by atoms with van der Waals surface area (Å²) >= 11 is 0. The minimum atomic E-state index is -0.658. The van der Waals surface area contributed by atoms with Gasteiger partial charge in [0.05, 0.1) is 20.3 Å². The zero-order chi connectivity index (χ0) is 15.2. The maximum Gasteiger partial charge on any atom is 0.118 e. The summed E-state index contributed by atoms with van der Waals surface area (Å²) in [6.07, 6.45) is -0.658. The van der Waals surface area contributed by atoms with Crippen LogP contribution < -0.4 is 15.2 Å². The zero-order valence-corrected chi connectivity index (χ0v) is 12.3. The summed E-state index contributed by atoms with van der Waals surface area (Å²) in [4.78, 5) is 0. The fraction of sp³-hybridized carbons (Fsp3) is 0.294. The standard InChI is InChI=1S/C17H21NO3/c1-20-14-7-3-12(4-8-14)16(11-18)17(19)13-5-9-15(21-2)10-6-13/h3-10,16-17,19H,11,18H2,1-2H3. The van der Waals surface area contributed by atoms with Crippen molar-refractivity contribution >= 4 is 0 Å². The first kappa shape index (κ1) is 15.4. The van der Waals surface area contributed by atoms with Crippen LogP contribution in [0, 0.1) is 0 Å². The number of benzene rings is 2. The number of aliphatic hydroxyl groups excluding tert-OH is 1. The van der Waals surface area contributed by atoms with Gasteiger partial charge in [-0.15, -0.1) is 0 Å². The van der Waals surface area contributed by atoms with Crippen molar-refractivity contribution in [3.05, 3.63) is 59.7 Å². The quantitative estimate of drug-likeness (QED) is 0.856. The molecule has 0 amide bonds. The van der Waals surface area contributed by atoms with Crippen molar-refractivity contribution in [2.45, 2.75) is 12.0 Å². The van der Waals surface area contributed by atoms with Crippen molar-refractivity contribution in [2.24, 2.45) is 5.73 Å². The molecule has 2 unspecified atom stereocenters. The number of ether oxygens (including phenoxy) is 2. The fourth-order valence-corrected chi connectivity index (χ4v) is 2.33. The molecule has 0 aliphatic heterocycles. The Bertz CT molecular complexity index is 551. The van der Waals surface area contributed by atoms with Gasteiger partial charge in [-0.3, -0.25) is 0 Å². The molecule has 4 heteroatoms. The normalized spacial score (nSPS) is 13.5. The van der Waals surface area contributed by atoms with Gasteiger partial charge in [0, 0.05) is 12.5 Å². The van der Waals surface area contributed by atoms with E-state index in [-0.39, 0.29) is 5.92 Å². The number of rotatable bonds is 6. The van der Waals surface area contributed by atoms with Crippen LogP contribution in [0.1, 0.15) is 23.1 Å². The molecule has 2 atom stereocenters. The van der Waals surface area contributed by atoms with Gasteiger partial charge in [0.2, 0.25) is 0 Å². The van der Waals surface area contributed by atoms with Crippen molar-refractivity contribution in [2.75, 3.05) is 20.8 Å². The molecule has 2 aromatic carbocycles. The second kappa shape index (κ2) is 7.11. The Balaban J connectivity index is 2.21. The molecule has 0 aliphatic carbocycles. The summed E-state index contributed by atoms with van der Waals surface area (Å²) in [5.41, 5.74) is 7.66. The lowest BCUT2D eigenvalue weighted by molar-refractivity contribution is 0.147. The number of nitrogens with two attached hydrogens (primary N) is 1. The third kappa shape index (κ3) is 3.54. The molecule has 0 saturated heterocycles. The van der Waals surface area contributed by atoms with Gasteiger partial charge >= 0.3 is 0 Å². The van der Waals surface area contributed by atoms with Crippen LogP contribution in [0.5, 0.6) is 11.5 Å². The minimum absolute atomic E-state index is 0.163. The van der Waals surface area contributed by atoms with Gasteiger partial charge in [-0.25, -0.2) is 0 Å². The topological polar surface area (TPSA) is 64.7 Å². The molecule has 0 heterocycles. The van der Waals surface area contributed by atoms with Crippen molar-refractivity contribution in [1.82, 2.24) is 0 Å². The SMILES string of the molecule is COc1ccc(C(O)C(CN)c2ccc(OC)cc2)cc1. The summed E-state index contributed by atoms with van der Waals surface area (Å²) in [6, 6.07) is 15.0. The lowest BCUT2D eigenvalue weighted by atomic mass is 9.89. The molecule has 4 nitrogen and oxygen atoms in total. The molecule has 0 bridgehead atoms. The molecule has 0 aliphatic rings. The Morgan fingerprint density at radius 3 is 1.67 bits per heavy atom. The molecule has 112 valence electrons. The highest BCUT2D eigenvalue weighted by atomic mass is 16.5. The van der Waals surface area contributed by atoms with Crippen LogP contribution >= 0.6 is 0 Å². The van der Waals surface area contributed by atoms with Gasteiger partial charge in [-0.05, 0) is 35.4 Å². The van der Waals surface area contributed by atoms with Gasteiger partial charge in [0.25, 0.3) is 0 Å². The Hall–Kier alpha value is -2.04. The van der Waals surface area contributed by atoms with Crippen LogP contribution in [0.15, 0.2) is 48.5 Å². The molecule has 0 aromatic heterocycles. The summed E-state index contributed by atoms with van der Waals surface area (Å²) in [7, 11) is 3.24. The number of hydrogen-bond acceptors (Lipinski definition) is 4. The second-order valence-corrected chi connectivity index (χ2v) is 4.83. The molecule has 0 fully saturated rings. The van der Waals surface area contributed by atoms with Gasteiger partial charge in [-0.1, -0.05) is 24.3 Å². The minimum Gasteiger partial charge on any atom is -0.497 e. The van der Waals surface area contributed by atoms with Crippen LogP contribution in [0.4, 0.5) is 0 Å². The maximum atomic E-state index is 10.6. The van der Waals surface area contributed by atoms with Gasteiger partial charge < -0.3 is 20.3 Å². The van der Waals surface area contributed by atoms with Gasteiger partial charge in [-0.2, -0.15) is 0 Å². The summed E-state index contributed by atoms with van der Waals surface area (Å²) in [5, 5.41) is 10.6. The van der Waals surface area contributed by atoms with Crippen LogP contribution in [-0.4, -0.2) is 25.9 Å². The first-order chi connectivity index (χ1) is 10.2. The van der Waals surface area contributed by atoms with E-state index in [4.69, 9.17) is 15.2 Å². The summed E-state index contributed by atoms with van der Waals surface area (Å²) < 4.78 is 10.3. The monoisotopic (exact) mass is 287 g/mol. The Kier molecular flexibility index (Phi) is 5.20. The van der Waals surface area contributed by atoms with Crippen molar-refractivity contribution < 1.29 is 14.6 Å². The van der Waals surface area contributed by atoms with Crippen molar-refractivity contribution in [3.8, 4) is 11.5 Å². The van der Waals surface area contributed by atoms with E-state index in [1.54, 1.807) is 14.2 Å². The third-order valence-electron chi connectivity index (χ3n) is 3.64. The molecular formula is C17H21NO3. The molecule has 3 N–H and O–H groups in total. The number of methoxy groups -OCH3 is 2. The molecule has 0 radical (unpaired) electrons. The van der Waals surface area contributed by atoms with Crippen molar-refractivity contribution in [3.63, 3.8) is 0 Å². The van der Waals surface area contributed by atoms with E-state index in [1.165, 1.54) is 0 Å². The van der Waals surface area contributed by atoms with Crippen LogP contribution in [0.3, 0.4) is 0 Å². The highest BCUT2D eigenvalue weighted by Crippen LogP contribution is 2.31. The lowest BCUT2D eigenvalue weighted by Gasteiger charge is -2.22. The Morgan fingerprint density at radius 1 is 0.857 bits per heavy atom. The average Bonchev–Trinajstić information content (AvgIpc) is 2.56. The third-order valence-corrected chi connectivity index (χ3v) is 3.64. The molecule has 0 saturated carbocycles. The molecule has 2 aromatic rings. The summed E-state index contributed by atoms with van der Waals surface area (Å²) in [5.74, 6) is 1.39. The van der Waals surface area contributed by atoms with E-state index in [0.29, 0.717) is 6.54 Å². The van der Waals surface area contributed by atoms with E-state index in [9.17, 15) is 5.11 Å². The van der Waals surface area contributed by atoms with E-state index < -0.39 is 6.10 Å². The highest BCUT2D eigenvalue weighted by molar-refractivity contribution is 5.34. The van der Waals surface area contributed by atoms with Crippen molar-refractivity contribution in [1.29, 1.82) is 0 Å². The van der Waals surface area contributed by atoms with E-state index >= 15 is 0 Å². The number of aliphatic hydroxyl groups is 1. The number of hydrogen-bond donors (Lipinski definition) is 2. The molecule has 0 spiro atoms. The second-order valence-electron chi connectivity index (χ2n) is 4.83. The maximum absolute atomic E-state index is 10.6. The average molecular weight is 287 g/mol. The molecule has 21 heavy (non-hydrogen) atoms. The van der Waals surface area contributed by atoms with E-state index in [1.807, 2.05) is 48.5 Å². The smallest absolute Gasteiger partial charge is 0.118 e. The fourth-order valence-electron chi connectivity index (χ4n) is 2.33. The zero-order valence-electron chi connectivity index (χ0n) is 12.3. The largest absolute Gasteiger partial charge is 0.497 e. The van der Waals surface area contributed by atoms with E-state index in [2.05, 4.69) is 0 Å². The van der Waals surface area contributed by atoms with Gasteiger partial charge in [0.1, 0.15) is 11.5 Å². The molecule has 2 rings (SSSR count). The Morgan fingerprint density at radius 2 is 1.29 bits per heavy atom. The first-order valence-electron chi connectivity index (χ1n) is 6.85. The summed E-state index contributed by atoms with van der Waals surface area (Å²) in [6.45, 7) is 0.361. The highest BCUT2D eigenvalue weighted by Gasteiger charge is 2.21. The first-order valence-corrected chi connectivity index (χ1v) is 6.85. The predicted octanol–water partition coefficient (Wildman–Crippen LogP) is 2.48.